The van der Waals surface area contributed by atoms with Gasteiger partial charge in [-0.15, -0.1) is 0 Å². The third-order valence-corrected chi connectivity index (χ3v) is 2.85. The van der Waals surface area contributed by atoms with Crippen LogP contribution in [-0.2, 0) is 4.79 Å². The minimum Gasteiger partial charge on any atom is -0.326 e. The minimum absolute atomic E-state index is 0.106. The summed E-state index contributed by atoms with van der Waals surface area (Å²) in [7, 11) is 3.61. The molecule has 3 rings (SSSR count). The van der Waals surface area contributed by atoms with E-state index in [0.717, 1.165) is 24.1 Å². The number of rotatable bonds is 3. The van der Waals surface area contributed by atoms with Crippen molar-refractivity contribution >= 4 is 17.4 Å². The van der Waals surface area contributed by atoms with Crippen LogP contribution in [0.1, 0.15) is 18.4 Å². The lowest BCUT2D eigenvalue weighted by Gasteiger charge is -2.04. The summed E-state index contributed by atoms with van der Waals surface area (Å²) < 4.78 is 0. The van der Waals surface area contributed by atoms with Crippen LogP contribution in [0.5, 0.6) is 0 Å². The van der Waals surface area contributed by atoms with E-state index in [1.54, 1.807) is 0 Å². The van der Waals surface area contributed by atoms with Gasteiger partial charge in [0.05, 0.1) is 0 Å². The Hall–Kier alpha value is -2.08. The Morgan fingerprint density at radius 3 is 2.61 bits per heavy atom. The zero-order valence-corrected chi connectivity index (χ0v) is 9.76. The number of nitrogens with zero attached hydrogens (tertiary/aromatic N) is 3. The van der Waals surface area contributed by atoms with Crippen molar-refractivity contribution in [3.05, 3.63) is 36.9 Å². The summed E-state index contributed by atoms with van der Waals surface area (Å²) in [5.74, 6) is 0.870. The molecule has 0 saturated heterocycles. The van der Waals surface area contributed by atoms with Gasteiger partial charge in [0.1, 0.15) is 0 Å². The standard InChI is InChI=1S/C12H13N5O/c1-17-15-11(14-16-17)8-4-6-10(7-5-8)13-12(18)9-2-3-9/h4-7,9,17H,1-3H2,(H,13,18). The molecule has 1 heterocycles. The van der Waals surface area contributed by atoms with Crippen molar-refractivity contribution in [3.63, 3.8) is 0 Å². The van der Waals surface area contributed by atoms with Crippen LogP contribution in [0.4, 0.5) is 5.69 Å². The molecule has 1 aliphatic carbocycles. The second-order valence-electron chi connectivity index (χ2n) is 4.39. The van der Waals surface area contributed by atoms with Crippen molar-refractivity contribution < 1.29 is 9.91 Å². The number of nitrogens with one attached hydrogen (secondary N) is 2. The summed E-state index contributed by atoms with van der Waals surface area (Å²) in [6.45, 7) is 0. The first-order valence-corrected chi connectivity index (χ1v) is 5.83. The molecule has 1 aromatic rings. The molecule has 6 nitrogen and oxygen atoms in total. The first kappa shape index (κ1) is 11.0. The minimum atomic E-state index is 0.106. The van der Waals surface area contributed by atoms with Crippen LogP contribution in [0.15, 0.2) is 39.7 Å². The van der Waals surface area contributed by atoms with E-state index in [2.05, 4.69) is 27.8 Å². The second-order valence-corrected chi connectivity index (χ2v) is 4.39. The van der Waals surface area contributed by atoms with Crippen molar-refractivity contribution in [2.75, 3.05) is 5.32 Å². The van der Waals surface area contributed by atoms with Crippen molar-refractivity contribution in [3.8, 4) is 0 Å². The van der Waals surface area contributed by atoms with Crippen molar-refractivity contribution in [1.82, 2.24) is 0 Å². The largest absolute Gasteiger partial charge is 0.326 e. The van der Waals surface area contributed by atoms with E-state index in [1.807, 2.05) is 24.3 Å². The second kappa shape index (κ2) is 4.30. The van der Waals surface area contributed by atoms with Crippen LogP contribution in [0.2, 0.25) is 0 Å². The van der Waals surface area contributed by atoms with E-state index in [-0.39, 0.29) is 11.8 Å². The van der Waals surface area contributed by atoms with Gasteiger partial charge in [-0.25, -0.2) is 0 Å². The van der Waals surface area contributed by atoms with Crippen LogP contribution in [0, 0.1) is 13.0 Å². The molecule has 0 aromatic heterocycles. The monoisotopic (exact) mass is 243 g/mol. The maximum atomic E-state index is 11.6. The fraction of sp³-hybridized carbons (Fsp3) is 0.250. The number of anilines is 1. The van der Waals surface area contributed by atoms with E-state index in [9.17, 15) is 4.79 Å². The number of benzene rings is 1. The molecule has 92 valence electrons. The maximum Gasteiger partial charge on any atom is 0.241 e. The number of amides is 1. The average Bonchev–Trinajstić information content (AvgIpc) is 3.13. The molecule has 6 heteroatoms. The molecular weight excluding hydrogens is 230 g/mol. The molecule has 2 aliphatic rings. The number of hydrogen-bond donors (Lipinski definition) is 2. The normalized spacial score (nSPS) is 21.8. The van der Waals surface area contributed by atoms with Crippen LogP contribution < -0.4 is 10.4 Å². The fourth-order valence-corrected chi connectivity index (χ4v) is 1.69. The Kier molecular flexibility index (Phi) is 2.64. The molecule has 1 atom stereocenters. The first-order valence-electron chi connectivity index (χ1n) is 5.83. The van der Waals surface area contributed by atoms with Crippen LogP contribution >= 0.6 is 0 Å². The number of carbonyl (C=O) groups excluding carboxylic acids is 1. The molecule has 18 heavy (non-hydrogen) atoms. The Bertz CT molecular complexity index is 530. The predicted octanol–water partition coefficient (Wildman–Crippen LogP) is 0.754. The quantitative estimate of drug-likeness (QED) is 0.756. The number of amidine groups is 1. The highest BCUT2D eigenvalue weighted by molar-refractivity contribution is 6.00. The molecule has 0 spiro atoms. The Morgan fingerprint density at radius 1 is 1.33 bits per heavy atom. The smallest absolute Gasteiger partial charge is 0.241 e. The van der Waals surface area contributed by atoms with E-state index >= 15 is 0 Å². The lowest BCUT2D eigenvalue weighted by Crippen LogP contribution is -2.95. The molecule has 1 aromatic carbocycles. The van der Waals surface area contributed by atoms with Crippen molar-refractivity contribution in [2.24, 2.45) is 21.4 Å². The van der Waals surface area contributed by atoms with Gasteiger partial charge in [-0.3, -0.25) is 4.79 Å². The fourth-order valence-electron chi connectivity index (χ4n) is 1.69. The van der Waals surface area contributed by atoms with Gasteiger partial charge in [0.25, 0.3) is 0 Å². The first-order chi connectivity index (χ1) is 8.72. The van der Waals surface area contributed by atoms with Gasteiger partial charge in [-0.05, 0) is 37.1 Å². The van der Waals surface area contributed by atoms with Crippen LogP contribution in [0.25, 0.3) is 0 Å². The number of quaternary nitrogens is 1. The van der Waals surface area contributed by atoms with E-state index in [1.165, 1.54) is 0 Å². The number of hydrogen-bond acceptors (Lipinski definition) is 4. The van der Waals surface area contributed by atoms with Gasteiger partial charge in [0, 0.05) is 22.4 Å². The molecular formula is C12H13N5O. The SMILES string of the molecule is [CH2-][NH+]1N=NC(c2ccc(NC(=O)C3CC3)cc2)=N1. The van der Waals surface area contributed by atoms with E-state index in [4.69, 9.17) is 0 Å². The molecule has 2 N–H and O–H groups in total. The van der Waals surface area contributed by atoms with E-state index in [0.29, 0.717) is 11.0 Å². The maximum absolute atomic E-state index is 11.6. The third kappa shape index (κ3) is 2.28. The highest BCUT2D eigenvalue weighted by Crippen LogP contribution is 2.30. The Morgan fingerprint density at radius 2 is 2.06 bits per heavy atom. The summed E-state index contributed by atoms with van der Waals surface area (Å²) in [6.07, 6.45) is 2.01. The molecule has 1 fully saturated rings. The van der Waals surface area contributed by atoms with Crippen LogP contribution in [0.3, 0.4) is 0 Å². The van der Waals surface area contributed by atoms with Gasteiger partial charge in [-0.2, -0.15) is 5.12 Å². The summed E-state index contributed by atoms with van der Waals surface area (Å²) >= 11 is 0. The van der Waals surface area contributed by atoms with Crippen LogP contribution in [-0.4, -0.2) is 11.7 Å². The molecule has 1 aliphatic heterocycles. The molecule has 1 amide bonds. The summed E-state index contributed by atoms with van der Waals surface area (Å²) in [5, 5.41) is 15.0. The lowest BCUT2D eigenvalue weighted by molar-refractivity contribution is -0.868. The van der Waals surface area contributed by atoms with Gasteiger partial charge in [0.15, 0.2) is 0 Å². The average molecular weight is 243 g/mol. The highest BCUT2D eigenvalue weighted by Gasteiger charge is 2.29. The zero-order chi connectivity index (χ0) is 12.5. The van der Waals surface area contributed by atoms with Gasteiger partial charge < -0.3 is 5.32 Å². The van der Waals surface area contributed by atoms with Gasteiger partial charge in [0.2, 0.25) is 11.7 Å². The van der Waals surface area contributed by atoms with Crippen molar-refractivity contribution in [2.45, 2.75) is 12.8 Å². The van der Waals surface area contributed by atoms with E-state index < -0.39 is 0 Å². The Labute approximate surface area is 104 Å². The summed E-state index contributed by atoms with van der Waals surface area (Å²) in [5.41, 5.74) is 1.66. The summed E-state index contributed by atoms with van der Waals surface area (Å²) in [4.78, 5) is 11.6. The Balaban J connectivity index is 1.71. The molecule has 0 bridgehead atoms. The molecule has 1 saturated carbocycles. The summed E-state index contributed by atoms with van der Waals surface area (Å²) in [6, 6.07) is 7.40. The van der Waals surface area contributed by atoms with Gasteiger partial charge in [-0.1, -0.05) is 17.3 Å². The molecule has 0 radical (unpaired) electrons. The highest BCUT2D eigenvalue weighted by atomic mass is 16.2. The third-order valence-electron chi connectivity index (χ3n) is 2.85. The number of carbonyl (C=O) groups is 1. The lowest BCUT2D eigenvalue weighted by atomic mass is 10.2. The zero-order valence-electron chi connectivity index (χ0n) is 9.76. The topological polar surface area (TPSA) is 70.6 Å². The van der Waals surface area contributed by atoms with Gasteiger partial charge >= 0.3 is 0 Å². The predicted molar refractivity (Wildman–Crippen MR) is 65.5 cm³/mol. The van der Waals surface area contributed by atoms with Crippen molar-refractivity contribution in [1.29, 1.82) is 0 Å². The molecule has 1 unspecified atom stereocenters.